The van der Waals surface area contributed by atoms with E-state index >= 15 is 4.79 Å². The number of phenols is 1. The van der Waals surface area contributed by atoms with Gasteiger partial charge in [-0.3, -0.25) is 28.8 Å². The number of anilines is 2. The maximum Gasteiger partial charge on any atom is 0.242 e. The third-order valence-corrected chi connectivity index (χ3v) is 14.4. The van der Waals surface area contributed by atoms with Crippen LogP contribution in [0.1, 0.15) is 43.4 Å². The predicted octanol–water partition coefficient (Wildman–Crippen LogP) is 8.52. The highest BCUT2D eigenvalue weighted by molar-refractivity contribution is 7.22. The minimum Gasteiger partial charge on any atom is -0.504 e. The molecule has 12 heteroatoms. The van der Waals surface area contributed by atoms with Crippen molar-refractivity contribution in [1.82, 2.24) is 9.78 Å². The highest BCUT2D eigenvalue weighted by Crippen LogP contribution is 2.61. The van der Waals surface area contributed by atoms with Gasteiger partial charge in [-0.25, -0.2) is 4.90 Å². The first kappa shape index (κ1) is 37.1. The lowest BCUT2D eigenvalue weighted by molar-refractivity contribution is -0.132. The number of allylic oxidation sites excluding steroid dienone is 3. The largest absolute Gasteiger partial charge is 0.504 e. The number of aromatic hydroxyl groups is 1. The predicted molar refractivity (Wildman–Crippen MR) is 221 cm³/mol. The van der Waals surface area contributed by atoms with Crippen LogP contribution >= 0.6 is 22.9 Å². The van der Waals surface area contributed by atoms with E-state index in [9.17, 15) is 19.5 Å². The Balaban J connectivity index is 1.13. The number of thiophene rings is 1. The number of carbonyl (C=O) groups is 4. The smallest absolute Gasteiger partial charge is 0.242 e. The van der Waals surface area contributed by atoms with Gasteiger partial charge in [-0.1, -0.05) is 60.5 Å². The van der Waals surface area contributed by atoms with Gasteiger partial charge in [0.25, 0.3) is 0 Å². The van der Waals surface area contributed by atoms with E-state index in [0.717, 1.165) is 43.6 Å². The Morgan fingerprint density at radius 3 is 2.49 bits per heavy atom. The van der Waals surface area contributed by atoms with E-state index in [-0.39, 0.29) is 35.8 Å². The van der Waals surface area contributed by atoms with Gasteiger partial charge in [-0.2, -0.15) is 5.10 Å². The number of methoxy groups -OCH3 is 1. The lowest BCUT2D eigenvalue weighted by Gasteiger charge is -2.47. The van der Waals surface area contributed by atoms with Crippen LogP contribution in [-0.4, -0.2) is 45.6 Å². The summed E-state index contributed by atoms with van der Waals surface area (Å²) in [5, 5.41) is 16.7. The summed E-state index contributed by atoms with van der Waals surface area (Å²) in [4.78, 5) is 62.1. The quantitative estimate of drug-likeness (QED) is 0.129. The average molecular weight is 801 g/mol. The monoisotopic (exact) mass is 800 g/mol. The number of hydrogen-bond donors (Lipinski definition) is 1. The topological polar surface area (TPSA) is 122 Å². The van der Waals surface area contributed by atoms with E-state index in [1.54, 1.807) is 47.3 Å². The van der Waals surface area contributed by atoms with Crippen molar-refractivity contribution in [2.45, 2.75) is 40.0 Å². The molecule has 2 saturated heterocycles. The van der Waals surface area contributed by atoms with E-state index in [4.69, 9.17) is 21.4 Å². The molecule has 0 unspecified atom stereocenters. The lowest BCUT2D eigenvalue weighted by atomic mass is 9.52. The van der Waals surface area contributed by atoms with Crippen molar-refractivity contribution in [3.05, 3.63) is 106 Å². The standard InChI is InChI=1S/C45H41ClN4O6S/c1-6-24-7-12-27(13-8-24)49-41(52)29-15-14-28-31(39(29)43(49)54)21-33-42(53)50(44(55)45(33,3)32(28)16-9-25-10-17-35(51)36(19-25)56-5)38-22-34(47-48(38)4)40-23(2)30-20-26(46)11-18-37(30)57-40/h7-14,16-20,22,29,31-33,39,51H,6,15,21H2,1-5H3/t29-,31+,32-,33-,39-,45-/m0/s1. The summed E-state index contributed by atoms with van der Waals surface area (Å²) in [6, 6.07) is 20.1. The molecular formula is C45H41ClN4O6S. The molecule has 5 aromatic rings. The normalized spacial score (nSPS) is 25.7. The van der Waals surface area contributed by atoms with Gasteiger partial charge in [0.2, 0.25) is 23.6 Å². The molecule has 0 spiro atoms. The number of nitrogens with zero attached hydrogens (tertiary/aromatic N) is 4. The molecule has 57 heavy (non-hydrogen) atoms. The summed E-state index contributed by atoms with van der Waals surface area (Å²) in [6.07, 6.45) is 7.26. The molecule has 3 aromatic carbocycles. The second-order valence-electron chi connectivity index (χ2n) is 15.7. The summed E-state index contributed by atoms with van der Waals surface area (Å²) in [6.45, 7) is 5.92. The maximum atomic E-state index is 15.1. The zero-order chi connectivity index (χ0) is 40.1. The van der Waals surface area contributed by atoms with Crippen LogP contribution in [0.25, 0.3) is 26.7 Å². The highest BCUT2D eigenvalue weighted by atomic mass is 35.5. The van der Waals surface area contributed by atoms with Gasteiger partial charge in [0.05, 0.1) is 40.8 Å². The second-order valence-corrected chi connectivity index (χ2v) is 17.2. The first-order chi connectivity index (χ1) is 27.3. The lowest BCUT2D eigenvalue weighted by Crippen LogP contribution is -2.49. The van der Waals surface area contributed by atoms with E-state index in [1.807, 2.05) is 74.5 Å². The van der Waals surface area contributed by atoms with Crippen LogP contribution in [0.2, 0.25) is 5.02 Å². The van der Waals surface area contributed by atoms with E-state index in [1.165, 1.54) is 16.9 Å². The van der Waals surface area contributed by atoms with Crippen molar-refractivity contribution in [3.63, 3.8) is 0 Å². The minimum atomic E-state index is -1.22. The molecule has 9 rings (SSSR count). The second kappa shape index (κ2) is 13.6. The van der Waals surface area contributed by atoms with Gasteiger partial charge in [0.1, 0.15) is 11.5 Å². The van der Waals surface area contributed by atoms with E-state index in [0.29, 0.717) is 34.4 Å². The van der Waals surface area contributed by atoms with Crippen LogP contribution in [0.4, 0.5) is 11.5 Å². The molecule has 1 N–H and O–H groups in total. The number of amides is 4. The fraction of sp³-hybridized carbons (Fsp3) is 0.311. The number of hydrogen-bond acceptors (Lipinski definition) is 8. The number of imide groups is 2. The number of aryl methyl sites for hydroxylation is 3. The molecule has 4 aliphatic rings. The van der Waals surface area contributed by atoms with Crippen molar-refractivity contribution in [3.8, 4) is 22.1 Å². The van der Waals surface area contributed by atoms with Crippen molar-refractivity contribution >= 4 is 74.2 Å². The van der Waals surface area contributed by atoms with Gasteiger partial charge < -0.3 is 9.84 Å². The third kappa shape index (κ3) is 5.53. The molecule has 0 radical (unpaired) electrons. The molecule has 290 valence electrons. The zero-order valence-corrected chi connectivity index (χ0v) is 33.7. The van der Waals surface area contributed by atoms with Crippen molar-refractivity contribution < 1.29 is 29.0 Å². The molecule has 2 aromatic heterocycles. The molecule has 4 heterocycles. The number of ether oxygens (including phenoxy) is 1. The average Bonchev–Trinajstić information content (AvgIpc) is 3.88. The Labute approximate surface area is 339 Å². The Morgan fingerprint density at radius 1 is 0.982 bits per heavy atom. The van der Waals surface area contributed by atoms with Crippen LogP contribution in [0, 0.1) is 41.9 Å². The first-order valence-corrected chi connectivity index (χ1v) is 20.4. The Bertz CT molecular complexity index is 2610. The summed E-state index contributed by atoms with van der Waals surface area (Å²) in [5.74, 6) is -3.64. The molecule has 4 amide bonds. The van der Waals surface area contributed by atoms with Crippen molar-refractivity contribution in [2.75, 3.05) is 16.9 Å². The van der Waals surface area contributed by atoms with Gasteiger partial charge >= 0.3 is 0 Å². The molecule has 6 atom stereocenters. The molecule has 2 aliphatic carbocycles. The molecule has 3 fully saturated rings. The Kier molecular flexibility index (Phi) is 8.82. The SMILES string of the molecule is CCc1ccc(N2C(=O)[C@H]3[C@H](CC=C4[C@H]3C[C@H]3C(=O)N(c5cc(-c6sc7ccc(Cl)cc7c6C)nn5C)C(=O)[C@@]3(C)[C@H]4C=Cc3ccc(O)c(OC)c3)C2=O)cc1. The van der Waals surface area contributed by atoms with Crippen LogP contribution in [-0.2, 0) is 32.6 Å². The zero-order valence-electron chi connectivity index (χ0n) is 32.2. The third-order valence-electron chi connectivity index (χ3n) is 12.8. The van der Waals surface area contributed by atoms with Gasteiger partial charge in [-0.05, 0) is 104 Å². The number of rotatable bonds is 7. The summed E-state index contributed by atoms with van der Waals surface area (Å²) < 4.78 is 8.00. The number of aromatic nitrogens is 2. The number of phenolic OH excluding ortho intramolecular Hbond substituents is 1. The van der Waals surface area contributed by atoms with E-state index in [2.05, 4.69) is 6.92 Å². The highest BCUT2D eigenvalue weighted by Gasteiger charge is 2.67. The molecular weight excluding hydrogens is 760 g/mol. The molecule has 0 bridgehead atoms. The van der Waals surface area contributed by atoms with Crippen molar-refractivity contribution in [1.29, 1.82) is 0 Å². The summed E-state index contributed by atoms with van der Waals surface area (Å²) >= 11 is 7.91. The number of fused-ring (bicyclic) bond motifs is 5. The molecule has 10 nitrogen and oxygen atoms in total. The number of benzene rings is 3. The summed E-state index contributed by atoms with van der Waals surface area (Å²) in [5.41, 5.74) is 3.68. The molecule has 1 saturated carbocycles. The summed E-state index contributed by atoms with van der Waals surface area (Å²) in [7, 11) is 3.21. The van der Waals surface area contributed by atoms with Crippen LogP contribution in [0.5, 0.6) is 11.5 Å². The fourth-order valence-electron chi connectivity index (χ4n) is 9.79. The number of carbonyl (C=O) groups excluding carboxylic acids is 4. The van der Waals surface area contributed by atoms with Crippen LogP contribution < -0.4 is 14.5 Å². The Morgan fingerprint density at radius 2 is 1.75 bits per heavy atom. The maximum absolute atomic E-state index is 15.1. The van der Waals surface area contributed by atoms with Crippen molar-refractivity contribution in [2.24, 2.45) is 42.1 Å². The minimum absolute atomic E-state index is 0.00358. The van der Waals surface area contributed by atoms with Gasteiger partial charge in [0, 0.05) is 28.8 Å². The van der Waals surface area contributed by atoms with Gasteiger partial charge in [-0.15, -0.1) is 11.3 Å². The number of halogens is 1. The molecule has 2 aliphatic heterocycles. The van der Waals surface area contributed by atoms with E-state index < -0.39 is 35.0 Å². The fourth-order valence-corrected chi connectivity index (χ4v) is 11.1. The van der Waals surface area contributed by atoms with Crippen LogP contribution in [0.3, 0.4) is 0 Å². The van der Waals surface area contributed by atoms with Crippen LogP contribution in [0.15, 0.2) is 84.5 Å². The van der Waals surface area contributed by atoms with Gasteiger partial charge in [0.15, 0.2) is 11.5 Å². The first-order valence-electron chi connectivity index (χ1n) is 19.2. The Hall–Kier alpha value is -5.52.